The number of halogens is 2. The lowest BCUT2D eigenvalue weighted by Crippen LogP contribution is -2.14. The number of anilines is 1. The number of hydrogen-bond donors (Lipinski definition) is 2. The standard InChI is InChI=1S/C15H12Cl2N6O4/c1-27-15-13(23(25)26)12(20-21-15)14(24)19-9-5-18-22(7-9)6-8-2-3-10(16)11(17)4-8/h2-5,7H,6H2,1H3,(H,19,24)(H,20,21). The molecule has 0 atom stereocenters. The topological polar surface area (TPSA) is 128 Å². The number of benzene rings is 1. The number of H-pyrrole nitrogens is 1. The minimum absolute atomic E-state index is 0.277. The molecule has 1 aromatic carbocycles. The summed E-state index contributed by atoms with van der Waals surface area (Å²) >= 11 is 11.9. The molecule has 0 spiro atoms. The zero-order chi connectivity index (χ0) is 19.6. The minimum atomic E-state index is -0.745. The molecule has 2 aromatic heterocycles. The van der Waals surface area contributed by atoms with Crippen molar-refractivity contribution in [2.75, 3.05) is 12.4 Å². The highest BCUT2D eigenvalue weighted by atomic mass is 35.5. The highest BCUT2D eigenvalue weighted by Gasteiger charge is 2.30. The van der Waals surface area contributed by atoms with Gasteiger partial charge in [-0.1, -0.05) is 29.3 Å². The molecule has 2 N–H and O–H groups in total. The summed E-state index contributed by atoms with van der Waals surface area (Å²) in [6.45, 7) is 0.394. The van der Waals surface area contributed by atoms with E-state index in [1.165, 1.54) is 13.3 Å². The van der Waals surface area contributed by atoms with Crippen LogP contribution in [-0.2, 0) is 6.54 Å². The Hall–Kier alpha value is -3.11. The van der Waals surface area contributed by atoms with Crippen molar-refractivity contribution < 1.29 is 14.5 Å². The van der Waals surface area contributed by atoms with Gasteiger partial charge in [0.25, 0.3) is 5.91 Å². The van der Waals surface area contributed by atoms with E-state index in [0.29, 0.717) is 22.3 Å². The molecule has 0 aliphatic rings. The van der Waals surface area contributed by atoms with Crippen molar-refractivity contribution in [1.82, 2.24) is 20.0 Å². The van der Waals surface area contributed by atoms with Crippen LogP contribution in [0.4, 0.5) is 11.4 Å². The first-order valence-corrected chi connectivity index (χ1v) is 8.19. The molecule has 3 aromatic rings. The van der Waals surface area contributed by atoms with Crippen LogP contribution in [0.5, 0.6) is 5.88 Å². The minimum Gasteiger partial charge on any atom is -0.475 e. The van der Waals surface area contributed by atoms with E-state index in [-0.39, 0.29) is 11.6 Å². The number of ether oxygens (including phenoxy) is 1. The summed E-state index contributed by atoms with van der Waals surface area (Å²) in [5.41, 5.74) is 0.342. The third-order valence-electron chi connectivity index (χ3n) is 3.53. The largest absolute Gasteiger partial charge is 0.475 e. The lowest BCUT2D eigenvalue weighted by Gasteiger charge is -2.03. The lowest BCUT2D eigenvalue weighted by molar-refractivity contribution is -0.386. The van der Waals surface area contributed by atoms with Gasteiger partial charge in [-0.05, 0) is 17.7 Å². The van der Waals surface area contributed by atoms with E-state index in [4.69, 9.17) is 27.9 Å². The Morgan fingerprint density at radius 1 is 1.41 bits per heavy atom. The van der Waals surface area contributed by atoms with Crippen molar-refractivity contribution in [3.63, 3.8) is 0 Å². The molecular weight excluding hydrogens is 399 g/mol. The Kier molecular flexibility index (Phi) is 5.28. The second-order valence-corrected chi connectivity index (χ2v) is 6.16. The fourth-order valence-electron chi connectivity index (χ4n) is 2.32. The SMILES string of the molecule is COc1n[nH]c(C(=O)Nc2cnn(Cc3ccc(Cl)c(Cl)c3)c2)c1[N+](=O)[O-]. The summed E-state index contributed by atoms with van der Waals surface area (Å²) in [6.07, 6.45) is 2.98. The number of aromatic amines is 1. The van der Waals surface area contributed by atoms with Crippen molar-refractivity contribution in [2.45, 2.75) is 6.54 Å². The first-order valence-electron chi connectivity index (χ1n) is 7.43. The van der Waals surface area contributed by atoms with Gasteiger partial charge in [-0.25, -0.2) is 0 Å². The molecule has 2 heterocycles. The van der Waals surface area contributed by atoms with Crippen LogP contribution in [0.15, 0.2) is 30.6 Å². The predicted molar refractivity (Wildman–Crippen MR) is 97.5 cm³/mol. The van der Waals surface area contributed by atoms with Crippen molar-refractivity contribution in [3.8, 4) is 5.88 Å². The van der Waals surface area contributed by atoms with Crippen molar-refractivity contribution in [2.24, 2.45) is 0 Å². The quantitative estimate of drug-likeness (QED) is 0.474. The molecule has 0 fully saturated rings. The number of aromatic nitrogens is 4. The van der Waals surface area contributed by atoms with Gasteiger partial charge in [0.1, 0.15) is 0 Å². The Morgan fingerprint density at radius 3 is 2.85 bits per heavy atom. The maximum atomic E-state index is 12.3. The predicted octanol–water partition coefficient (Wildman–Crippen LogP) is 3.13. The lowest BCUT2D eigenvalue weighted by atomic mass is 10.2. The van der Waals surface area contributed by atoms with Crippen LogP contribution in [0.1, 0.15) is 16.1 Å². The number of nitrogens with one attached hydrogen (secondary N) is 2. The number of carbonyl (C=O) groups is 1. The van der Waals surface area contributed by atoms with Gasteiger partial charge < -0.3 is 10.1 Å². The molecule has 1 amide bonds. The van der Waals surface area contributed by atoms with Crippen molar-refractivity contribution in [1.29, 1.82) is 0 Å². The number of amides is 1. The van der Waals surface area contributed by atoms with Gasteiger partial charge in [-0.2, -0.15) is 5.10 Å². The van der Waals surface area contributed by atoms with E-state index >= 15 is 0 Å². The van der Waals surface area contributed by atoms with E-state index in [1.807, 2.05) is 0 Å². The maximum Gasteiger partial charge on any atom is 0.362 e. The molecule has 0 bridgehead atoms. The Morgan fingerprint density at radius 2 is 2.19 bits per heavy atom. The van der Waals surface area contributed by atoms with Crippen molar-refractivity contribution >= 4 is 40.5 Å². The van der Waals surface area contributed by atoms with Gasteiger partial charge in [0.15, 0.2) is 0 Å². The van der Waals surface area contributed by atoms with Gasteiger partial charge in [0.2, 0.25) is 5.69 Å². The molecule has 0 aliphatic carbocycles. The molecule has 0 saturated carbocycles. The maximum absolute atomic E-state index is 12.3. The van der Waals surface area contributed by atoms with E-state index in [0.717, 1.165) is 5.56 Å². The zero-order valence-electron chi connectivity index (χ0n) is 13.8. The summed E-state index contributed by atoms with van der Waals surface area (Å²) in [6, 6.07) is 5.19. The molecular formula is C15H12Cl2N6O4. The number of carbonyl (C=O) groups excluding carboxylic acids is 1. The van der Waals surface area contributed by atoms with Crippen LogP contribution in [0, 0.1) is 10.1 Å². The molecule has 27 heavy (non-hydrogen) atoms. The van der Waals surface area contributed by atoms with E-state index in [9.17, 15) is 14.9 Å². The Balaban J connectivity index is 1.74. The van der Waals surface area contributed by atoms with Crippen LogP contribution in [0.2, 0.25) is 10.0 Å². The van der Waals surface area contributed by atoms with E-state index < -0.39 is 16.5 Å². The highest BCUT2D eigenvalue weighted by Crippen LogP contribution is 2.28. The Bertz CT molecular complexity index is 1020. The van der Waals surface area contributed by atoms with Crippen LogP contribution in [0.25, 0.3) is 0 Å². The Labute approximate surface area is 162 Å². The van der Waals surface area contributed by atoms with Gasteiger partial charge in [-0.3, -0.25) is 24.7 Å². The molecule has 0 aliphatic heterocycles. The average molecular weight is 411 g/mol. The van der Waals surface area contributed by atoms with Crippen molar-refractivity contribution in [3.05, 3.63) is 62.0 Å². The van der Waals surface area contributed by atoms with Gasteiger partial charge in [-0.15, -0.1) is 5.10 Å². The smallest absolute Gasteiger partial charge is 0.362 e. The molecule has 140 valence electrons. The average Bonchev–Trinajstić information content (AvgIpc) is 3.24. The number of nitrogens with zero attached hydrogens (tertiary/aromatic N) is 4. The van der Waals surface area contributed by atoms with Gasteiger partial charge in [0, 0.05) is 6.20 Å². The third-order valence-corrected chi connectivity index (χ3v) is 4.27. The number of rotatable bonds is 6. The summed E-state index contributed by atoms with van der Waals surface area (Å²) < 4.78 is 6.34. The first kappa shape index (κ1) is 18.7. The molecule has 0 unspecified atom stereocenters. The second kappa shape index (κ2) is 7.64. The zero-order valence-corrected chi connectivity index (χ0v) is 15.3. The third kappa shape index (κ3) is 4.01. The van der Waals surface area contributed by atoms with Crippen LogP contribution >= 0.6 is 23.2 Å². The number of hydrogen-bond acceptors (Lipinski definition) is 6. The summed E-state index contributed by atoms with van der Waals surface area (Å²) in [7, 11) is 1.22. The fourth-order valence-corrected chi connectivity index (χ4v) is 2.64. The normalized spacial score (nSPS) is 10.6. The first-order chi connectivity index (χ1) is 12.9. The monoisotopic (exact) mass is 410 g/mol. The van der Waals surface area contributed by atoms with E-state index in [2.05, 4.69) is 20.6 Å². The molecule has 0 saturated heterocycles. The number of methoxy groups -OCH3 is 1. The number of nitro groups is 1. The fraction of sp³-hybridized carbons (Fsp3) is 0.133. The van der Waals surface area contributed by atoms with Gasteiger partial charge >= 0.3 is 11.6 Å². The van der Waals surface area contributed by atoms with Gasteiger partial charge in [0.05, 0.1) is 40.5 Å². The summed E-state index contributed by atoms with van der Waals surface area (Å²) in [4.78, 5) is 22.7. The van der Waals surface area contributed by atoms with Crippen LogP contribution in [0.3, 0.4) is 0 Å². The van der Waals surface area contributed by atoms with Crippen LogP contribution in [-0.4, -0.2) is 37.9 Å². The van der Waals surface area contributed by atoms with Crippen LogP contribution < -0.4 is 10.1 Å². The molecule has 12 heteroatoms. The molecule has 0 radical (unpaired) electrons. The second-order valence-electron chi connectivity index (χ2n) is 5.34. The molecule has 10 nitrogen and oxygen atoms in total. The summed E-state index contributed by atoms with van der Waals surface area (Å²) in [5, 5.41) is 24.6. The molecule has 3 rings (SSSR count). The highest BCUT2D eigenvalue weighted by molar-refractivity contribution is 6.42. The van der Waals surface area contributed by atoms with E-state index in [1.54, 1.807) is 29.1 Å². The summed E-state index contributed by atoms with van der Waals surface area (Å²) in [5.74, 6) is -1.02.